The molecule has 1 aliphatic rings. The van der Waals surface area contributed by atoms with Gasteiger partial charge < -0.3 is 10.1 Å². The number of aryl methyl sites for hydroxylation is 1. The van der Waals surface area contributed by atoms with Crippen LogP contribution in [0.5, 0.6) is 5.75 Å². The molecule has 0 heterocycles. The van der Waals surface area contributed by atoms with Crippen LogP contribution in [0.1, 0.15) is 23.6 Å². The molecule has 0 fully saturated rings. The molecule has 2 rings (SSSR count). The van der Waals surface area contributed by atoms with Crippen molar-refractivity contribution < 1.29 is 13.2 Å². The Bertz CT molecular complexity index is 587. The highest BCUT2D eigenvalue weighted by molar-refractivity contribution is 8.01. The van der Waals surface area contributed by atoms with Gasteiger partial charge in [0, 0.05) is 23.3 Å². The van der Waals surface area contributed by atoms with Gasteiger partial charge >= 0.3 is 0 Å². The molecule has 0 aliphatic heterocycles. The van der Waals surface area contributed by atoms with E-state index >= 15 is 0 Å². The third kappa shape index (κ3) is 4.37. The fourth-order valence-corrected chi connectivity index (χ4v) is 5.41. The van der Waals surface area contributed by atoms with Crippen molar-refractivity contribution in [3.05, 3.63) is 29.3 Å². The van der Waals surface area contributed by atoms with Crippen LogP contribution in [0.2, 0.25) is 0 Å². The molecule has 1 aliphatic carbocycles. The second-order valence-corrected chi connectivity index (χ2v) is 9.02. The van der Waals surface area contributed by atoms with Gasteiger partial charge in [-0.15, -0.1) is 0 Å². The monoisotopic (exact) mass is 329 g/mol. The van der Waals surface area contributed by atoms with Gasteiger partial charge in [0.1, 0.15) is 15.6 Å². The molecule has 2 unspecified atom stereocenters. The molecule has 0 saturated heterocycles. The van der Waals surface area contributed by atoms with E-state index in [1.54, 1.807) is 18.9 Å². The summed E-state index contributed by atoms with van der Waals surface area (Å²) in [6.07, 6.45) is 3.40. The van der Waals surface area contributed by atoms with E-state index in [4.69, 9.17) is 4.74 Å². The van der Waals surface area contributed by atoms with Crippen molar-refractivity contribution in [1.82, 2.24) is 5.32 Å². The number of nitrogens with one attached hydrogen (secondary N) is 1. The van der Waals surface area contributed by atoms with Crippen molar-refractivity contribution in [2.75, 3.05) is 31.9 Å². The first kappa shape index (κ1) is 16.6. The van der Waals surface area contributed by atoms with Crippen molar-refractivity contribution in [1.29, 1.82) is 0 Å². The first-order valence-corrected chi connectivity index (χ1v) is 10.2. The fourth-order valence-electron chi connectivity index (χ4n) is 2.75. The Hall–Kier alpha value is -0.720. The minimum atomic E-state index is -2.88. The Morgan fingerprint density at radius 3 is 2.81 bits per heavy atom. The molecular weight excluding hydrogens is 306 g/mol. The molecule has 118 valence electrons. The van der Waals surface area contributed by atoms with Crippen LogP contribution in [0.25, 0.3) is 0 Å². The number of benzene rings is 1. The van der Waals surface area contributed by atoms with E-state index in [-0.39, 0.29) is 11.8 Å². The van der Waals surface area contributed by atoms with Gasteiger partial charge in [-0.1, -0.05) is 6.07 Å². The zero-order valence-electron chi connectivity index (χ0n) is 12.8. The predicted octanol–water partition coefficient (Wildman–Crippen LogP) is 2.05. The van der Waals surface area contributed by atoms with E-state index in [9.17, 15) is 8.42 Å². The molecule has 0 bridgehead atoms. The highest BCUT2D eigenvalue weighted by atomic mass is 32.2. The molecule has 0 spiro atoms. The minimum Gasteiger partial charge on any atom is -0.497 e. The Kier molecular flexibility index (Phi) is 5.57. The van der Waals surface area contributed by atoms with Gasteiger partial charge in [0.05, 0.1) is 12.9 Å². The number of rotatable bonds is 6. The third-order valence-electron chi connectivity index (χ3n) is 3.86. The van der Waals surface area contributed by atoms with Gasteiger partial charge in [-0.3, -0.25) is 0 Å². The second kappa shape index (κ2) is 7.03. The molecule has 2 atom stereocenters. The van der Waals surface area contributed by atoms with E-state index in [1.807, 2.05) is 13.1 Å². The standard InChI is InChI=1S/C15H23NO3S2/c1-16-15-13-10-12(19-2)6-4-11(13)5-7-14(15)20-8-9-21(3,17)18/h4,6,10,14-16H,5,7-9H2,1-3H3. The summed E-state index contributed by atoms with van der Waals surface area (Å²) in [6.45, 7) is 0. The maximum absolute atomic E-state index is 11.3. The summed E-state index contributed by atoms with van der Waals surface area (Å²) < 4.78 is 27.8. The van der Waals surface area contributed by atoms with Crippen LogP contribution < -0.4 is 10.1 Å². The van der Waals surface area contributed by atoms with Gasteiger partial charge in [-0.2, -0.15) is 11.8 Å². The van der Waals surface area contributed by atoms with E-state index in [0.29, 0.717) is 11.0 Å². The molecule has 0 radical (unpaired) electrons. The summed E-state index contributed by atoms with van der Waals surface area (Å²) in [5.41, 5.74) is 2.63. The lowest BCUT2D eigenvalue weighted by Crippen LogP contribution is -2.32. The van der Waals surface area contributed by atoms with Crippen LogP contribution >= 0.6 is 11.8 Å². The van der Waals surface area contributed by atoms with Crippen molar-refractivity contribution >= 4 is 21.6 Å². The number of thioether (sulfide) groups is 1. The van der Waals surface area contributed by atoms with E-state index in [2.05, 4.69) is 17.4 Å². The summed E-state index contributed by atoms with van der Waals surface area (Å²) >= 11 is 1.75. The Morgan fingerprint density at radius 1 is 1.43 bits per heavy atom. The van der Waals surface area contributed by atoms with Crippen LogP contribution in [0.15, 0.2) is 18.2 Å². The molecule has 1 aromatic carbocycles. The summed E-state index contributed by atoms with van der Waals surface area (Å²) in [7, 11) is 0.758. The van der Waals surface area contributed by atoms with Gasteiger partial charge in [0.25, 0.3) is 0 Å². The maximum Gasteiger partial charge on any atom is 0.148 e. The first-order valence-electron chi connectivity index (χ1n) is 7.08. The van der Waals surface area contributed by atoms with Crippen molar-refractivity contribution in [3.8, 4) is 5.75 Å². The molecule has 1 N–H and O–H groups in total. The molecular formula is C15H23NO3S2. The van der Waals surface area contributed by atoms with Gasteiger partial charge in [-0.05, 0) is 43.1 Å². The summed E-state index contributed by atoms with van der Waals surface area (Å²) in [6, 6.07) is 6.48. The Morgan fingerprint density at radius 2 is 2.19 bits per heavy atom. The maximum atomic E-state index is 11.3. The molecule has 4 nitrogen and oxygen atoms in total. The van der Waals surface area contributed by atoms with Crippen LogP contribution in [0.3, 0.4) is 0 Å². The summed E-state index contributed by atoms with van der Waals surface area (Å²) in [4.78, 5) is 0. The number of hydrogen-bond acceptors (Lipinski definition) is 5. The Balaban J connectivity index is 2.11. The normalized spacial score (nSPS) is 21.9. The molecule has 1 aromatic rings. The van der Waals surface area contributed by atoms with Crippen LogP contribution in [0, 0.1) is 0 Å². The van der Waals surface area contributed by atoms with Crippen LogP contribution in [0.4, 0.5) is 0 Å². The molecule has 0 amide bonds. The number of methoxy groups -OCH3 is 1. The van der Waals surface area contributed by atoms with Crippen LogP contribution in [-0.2, 0) is 16.3 Å². The number of ether oxygens (including phenoxy) is 1. The number of hydrogen-bond donors (Lipinski definition) is 1. The fraction of sp³-hybridized carbons (Fsp3) is 0.600. The van der Waals surface area contributed by atoms with E-state index in [0.717, 1.165) is 18.6 Å². The topological polar surface area (TPSA) is 55.4 Å². The molecule has 0 aromatic heterocycles. The van der Waals surface area contributed by atoms with Crippen molar-refractivity contribution in [3.63, 3.8) is 0 Å². The van der Waals surface area contributed by atoms with Crippen LogP contribution in [-0.4, -0.2) is 45.6 Å². The number of fused-ring (bicyclic) bond motifs is 1. The van der Waals surface area contributed by atoms with E-state index in [1.165, 1.54) is 17.4 Å². The lowest BCUT2D eigenvalue weighted by molar-refractivity contribution is 0.411. The molecule has 6 heteroatoms. The zero-order valence-corrected chi connectivity index (χ0v) is 14.4. The van der Waals surface area contributed by atoms with Crippen molar-refractivity contribution in [2.24, 2.45) is 0 Å². The molecule has 0 saturated carbocycles. The molecule has 21 heavy (non-hydrogen) atoms. The highest BCUT2D eigenvalue weighted by Crippen LogP contribution is 2.38. The summed E-state index contributed by atoms with van der Waals surface area (Å²) in [5, 5.41) is 3.78. The smallest absolute Gasteiger partial charge is 0.148 e. The average molecular weight is 329 g/mol. The van der Waals surface area contributed by atoms with Gasteiger partial charge in [0.2, 0.25) is 0 Å². The first-order chi connectivity index (χ1) is 9.94. The van der Waals surface area contributed by atoms with Gasteiger partial charge in [-0.25, -0.2) is 8.42 Å². The lowest BCUT2D eigenvalue weighted by Gasteiger charge is -2.33. The highest BCUT2D eigenvalue weighted by Gasteiger charge is 2.29. The van der Waals surface area contributed by atoms with Crippen molar-refractivity contribution in [2.45, 2.75) is 24.1 Å². The lowest BCUT2D eigenvalue weighted by atomic mass is 9.87. The number of sulfone groups is 1. The second-order valence-electron chi connectivity index (χ2n) is 5.41. The quantitative estimate of drug-likeness (QED) is 0.866. The van der Waals surface area contributed by atoms with Gasteiger partial charge in [0.15, 0.2) is 0 Å². The Labute approximate surface area is 131 Å². The summed E-state index contributed by atoms with van der Waals surface area (Å²) in [5.74, 6) is 1.77. The third-order valence-corrected chi connectivity index (χ3v) is 6.44. The van der Waals surface area contributed by atoms with E-state index < -0.39 is 9.84 Å². The SMILES string of the molecule is CNC1c2cc(OC)ccc2CCC1SCCS(C)(=O)=O. The zero-order chi connectivity index (χ0) is 15.5. The average Bonchev–Trinajstić information content (AvgIpc) is 2.45. The largest absolute Gasteiger partial charge is 0.497 e. The predicted molar refractivity (Wildman–Crippen MR) is 89.1 cm³/mol. The minimum absolute atomic E-state index is 0.244.